The molecule has 1 aromatic carbocycles. The van der Waals surface area contributed by atoms with Crippen LogP contribution >= 0.6 is 11.6 Å². The standard InChI is InChI=1S/C18H18ClN5O3/c1-9-5-10(2)15(13(19)6-9)21-14(25)8-27-17(26)16-22-18-20-11(3)7-12(4)24(18)23-16/h5-7H,8H2,1-4H3,(H,21,25). The summed E-state index contributed by atoms with van der Waals surface area (Å²) in [6.45, 7) is 6.91. The van der Waals surface area contributed by atoms with Crippen LogP contribution in [-0.2, 0) is 9.53 Å². The van der Waals surface area contributed by atoms with Gasteiger partial charge in [0.05, 0.1) is 10.7 Å². The molecule has 2 heterocycles. The minimum atomic E-state index is -0.806. The number of anilines is 1. The molecule has 0 saturated carbocycles. The Bertz CT molecular complexity index is 1040. The first kappa shape index (κ1) is 18.8. The summed E-state index contributed by atoms with van der Waals surface area (Å²) in [5, 5.41) is 7.14. The number of carbonyl (C=O) groups is 2. The molecule has 0 radical (unpaired) electrons. The van der Waals surface area contributed by atoms with Crippen LogP contribution in [0.1, 0.15) is 33.1 Å². The first-order valence-corrected chi connectivity index (χ1v) is 8.57. The number of rotatable bonds is 4. The van der Waals surface area contributed by atoms with Crippen LogP contribution in [-0.4, -0.2) is 38.1 Å². The molecule has 2 aromatic heterocycles. The number of nitrogens with one attached hydrogen (secondary N) is 1. The Labute approximate surface area is 160 Å². The predicted octanol–water partition coefficient (Wildman–Crippen LogP) is 2.81. The summed E-state index contributed by atoms with van der Waals surface area (Å²) in [6.07, 6.45) is 0. The van der Waals surface area contributed by atoms with Crippen molar-refractivity contribution >= 4 is 34.9 Å². The molecule has 9 heteroatoms. The lowest BCUT2D eigenvalue weighted by Crippen LogP contribution is -2.22. The lowest BCUT2D eigenvalue weighted by Gasteiger charge is -2.11. The highest BCUT2D eigenvalue weighted by Crippen LogP contribution is 2.27. The number of benzene rings is 1. The van der Waals surface area contributed by atoms with Crippen molar-refractivity contribution in [3.63, 3.8) is 0 Å². The van der Waals surface area contributed by atoms with Gasteiger partial charge in [-0.3, -0.25) is 4.79 Å². The van der Waals surface area contributed by atoms with E-state index in [-0.39, 0.29) is 5.82 Å². The van der Waals surface area contributed by atoms with Crippen molar-refractivity contribution in [1.82, 2.24) is 19.6 Å². The lowest BCUT2D eigenvalue weighted by molar-refractivity contribution is -0.119. The minimum absolute atomic E-state index is 0.159. The van der Waals surface area contributed by atoms with Crippen molar-refractivity contribution in [1.29, 1.82) is 0 Å². The molecule has 3 rings (SSSR count). The number of nitrogens with zero attached hydrogens (tertiary/aromatic N) is 4. The Morgan fingerprint density at radius 2 is 1.89 bits per heavy atom. The van der Waals surface area contributed by atoms with Crippen LogP contribution in [0.3, 0.4) is 0 Å². The summed E-state index contributed by atoms with van der Waals surface area (Å²) < 4.78 is 6.45. The van der Waals surface area contributed by atoms with E-state index in [0.717, 1.165) is 22.5 Å². The summed E-state index contributed by atoms with van der Waals surface area (Å²) in [7, 11) is 0. The third-order valence-electron chi connectivity index (χ3n) is 3.83. The Balaban J connectivity index is 1.67. The van der Waals surface area contributed by atoms with Crippen LogP contribution < -0.4 is 5.32 Å². The maximum Gasteiger partial charge on any atom is 0.378 e. The monoisotopic (exact) mass is 387 g/mol. The zero-order valence-corrected chi connectivity index (χ0v) is 16.1. The summed E-state index contributed by atoms with van der Waals surface area (Å²) in [6, 6.07) is 5.46. The maximum atomic E-state index is 12.2. The van der Waals surface area contributed by atoms with E-state index < -0.39 is 18.5 Å². The quantitative estimate of drug-likeness (QED) is 0.691. The number of carbonyl (C=O) groups excluding carboxylic acids is 2. The number of fused-ring (bicyclic) bond motifs is 1. The van der Waals surface area contributed by atoms with E-state index in [1.807, 2.05) is 39.8 Å². The molecule has 1 amide bonds. The van der Waals surface area contributed by atoms with Crippen LogP contribution in [0, 0.1) is 27.7 Å². The highest BCUT2D eigenvalue weighted by molar-refractivity contribution is 6.34. The molecular weight excluding hydrogens is 370 g/mol. The van der Waals surface area contributed by atoms with Crippen LogP contribution in [0.25, 0.3) is 5.78 Å². The zero-order chi connectivity index (χ0) is 19.7. The molecule has 3 aromatic rings. The smallest absolute Gasteiger partial charge is 0.378 e. The number of hydrogen-bond donors (Lipinski definition) is 1. The van der Waals surface area contributed by atoms with E-state index in [1.165, 1.54) is 4.52 Å². The van der Waals surface area contributed by atoms with Gasteiger partial charge in [0.1, 0.15) is 0 Å². The fraction of sp³-hybridized carbons (Fsp3) is 0.278. The van der Waals surface area contributed by atoms with E-state index in [9.17, 15) is 9.59 Å². The summed E-state index contributed by atoms with van der Waals surface area (Å²) >= 11 is 6.16. The van der Waals surface area contributed by atoms with Crippen molar-refractivity contribution in [2.45, 2.75) is 27.7 Å². The van der Waals surface area contributed by atoms with Crippen LogP contribution in [0.2, 0.25) is 5.02 Å². The van der Waals surface area contributed by atoms with E-state index in [4.69, 9.17) is 16.3 Å². The van der Waals surface area contributed by atoms with Crippen LogP contribution in [0.5, 0.6) is 0 Å². The molecule has 0 atom stereocenters. The second-order valence-corrected chi connectivity index (χ2v) is 6.66. The van der Waals surface area contributed by atoms with E-state index >= 15 is 0 Å². The van der Waals surface area contributed by atoms with Crippen molar-refractivity contribution < 1.29 is 14.3 Å². The number of esters is 1. The van der Waals surface area contributed by atoms with Gasteiger partial charge in [-0.15, -0.1) is 5.10 Å². The molecule has 0 aliphatic carbocycles. The third kappa shape index (κ3) is 4.06. The Kier molecular flexibility index (Phi) is 5.09. The fourth-order valence-electron chi connectivity index (χ4n) is 2.70. The fourth-order valence-corrected chi connectivity index (χ4v) is 3.07. The largest absolute Gasteiger partial charge is 0.450 e. The highest BCUT2D eigenvalue weighted by atomic mass is 35.5. The summed E-state index contributed by atoms with van der Waals surface area (Å²) in [5.41, 5.74) is 3.84. The topological polar surface area (TPSA) is 98.5 Å². The number of halogens is 1. The Hall–Kier alpha value is -3.00. The maximum absolute atomic E-state index is 12.2. The van der Waals surface area contributed by atoms with Crippen molar-refractivity contribution in [3.05, 3.63) is 51.6 Å². The number of aromatic nitrogens is 4. The molecule has 0 bridgehead atoms. The number of aryl methyl sites for hydroxylation is 4. The highest BCUT2D eigenvalue weighted by Gasteiger charge is 2.18. The molecule has 0 spiro atoms. The number of hydrogen-bond acceptors (Lipinski definition) is 6. The minimum Gasteiger partial charge on any atom is -0.450 e. The molecule has 0 unspecified atom stereocenters. The zero-order valence-electron chi connectivity index (χ0n) is 15.3. The van der Waals surface area contributed by atoms with E-state index in [1.54, 1.807) is 6.07 Å². The van der Waals surface area contributed by atoms with E-state index in [0.29, 0.717) is 16.5 Å². The van der Waals surface area contributed by atoms with Gasteiger partial charge in [-0.25, -0.2) is 14.3 Å². The average molecular weight is 388 g/mol. The number of amides is 1. The van der Waals surface area contributed by atoms with Crippen LogP contribution in [0.15, 0.2) is 18.2 Å². The number of ether oxygens (including phenoxy) is 1. The first-order chi connectivity index (χ1) is 12.7. The second-order valence-electron chi connectivity index (χ2n) is 6.25. The van der Waals surface area contributed by atoms with Crippen molar-refractivity contribution in [3.8, 4) is 0 Å². The SMILES string of the molecule is Cc1cc(C)c(NC(=O)COC(=O)c2nc3nc(C)cc(C)n3n2)c(Cl)c1. The summed E-state index contributed by atoms with van der Waals surface area (Å²) in [5.74, 6) is -1.18. The van der Waals surface area contributed by atoms with E-state index in [2.05, 4.69) is 20.4 Å². The molecule has 1 N–H and O–H groups in total. The molecule has 0 aliphatic rings. The average Bonchev–Trinajstić information content (AvgIpc) is 3.00. The molecule has 0 saturated heterocycles. The Morgan fingerprint density at radius 1 is 1.15 bits per heavy atom. The van der Waals surface area contributed by atoms with Gasteiger partial charge in [0, 0.05) is 11.4 Å². The molecule has 27 heavy (non-hydrogen) atoms. The van der Waals surface area contributed by atoms with Gasteiger partial charge in [-0.2, -0.15) is 4.98 Å². The van der Waals surface area contributed by atoms with Gasteiger partial charge in [-0.1, -0.05) is 17.7 Å². The van der Waals surface area contributed by atoms with Crippen molar-refractivity contribution in [2.24, 2.45) is 0 Å². The molecule has 0 fully saturated rings. The normalized spacial score (nSPS) is 10.9. The predicted molar refractivity (Wildman–Crippen MR) is 100 cm³/mol. The van der Waals surface area contributed by atoms with Crippen LogP contribution in [0.4, 0.5) is 5.69 Å². The molecule has 8 nitrogen and oxygen atoms in total. The van der Waals surface area contributed by atoms with Gasteiger partial charge in [-0.05, 0) is 51.0 Å². The lowest BCUT2D eigenvalue weighted by atomic mass is 10.1. The molecular formula is C18H18ClN5O3. The van der Waals surface area contributed by atoms with Gasteiger partial charge in [0.2, 0.25) is 0 Å². The second kappa shape index (κ2) is 7.32. The van der Waals surface area contributed by atoms with Gasteiger partial charge >= 0.3 is 5.97 Å². The third-order valence-corrected chi connectivity index (χ3v) is 4.13. The van der Waals surface area contributed by atoms with Gasteiger partial charge in [0.15, 0.2) is 6.61 Å². The molecule has 140 valence electrons. The first-order valence-electron chi connectivity index (χ1n) is 8.19. The Morgan fingerprint density at radius 3 is 2.59 bits per heavy atom. The van der Waals surface area contributed by atoms with Gasteiger partial charge in [0.25, 0.3) is 17.5 Å². The molecule has 0 aliphatic heterocycles. The van der Waals surface area contributed by atoms with Gasteiger partial charge < -0.3 is 10.1 Å². The summed E-state index contributed by atoms with van der Waals surface area (Å²) in [4.78, 5) is 32.5. The van der Waals surface area contributed by atoms with Crippen molar-refractivity contribution in [2.75, 3.05) is 11.9 Å².